The summed E-state index contributed by atoms with van der Waals surface area (Å²) < 4.78 is 0. The lowest BCUT2D eigenvalue weighted by Crippen LogP contribution is -2.30. The van der Waals surface area contributed by atoms with Crippen molar-refractivity contribution in [1.82, 2.24) is 0 Å². The average molecular weight is 152 g/mol. The van der Waals surface area contributed by atoms with E-state index in [0.717, 1.165) is 0 Å². The number of rotatable bonds is 2. The average Bonchev–Trinajstić information content (AvgIpc) is 2.07. The number of nitriles is 1. The van der Waals surface area contributed by atoms with Crippen LogP contribution in [0.25, 0.3) is 0 Å². The standard InChI is InChI=1S/C9H16N2/c10-7-6-9(11)8-4-2-1-3-5-8/h8-9H,1-6,11H2/t9-/m1/s1. The largest absolute Gasteiger partial charge is 0.327 e. The summed E-state index contributed by atoms with van der Waals surface area (Å²) in [6.45, 7) is 0. The van der Waals surface area contributed by atoms with Crippen LogP contribution < -0.4 is 5.73 Å². The normalized spacial score (nSPS) is 22.5. The Labute approximate surface area is 68.4 Å². The number of nitrogens with zero attached hydrogens (tertiary/aromatic N) is 1. The van der Waals surface area contributed by atoms with Crippen molar-refractivity contribution in [3.05, 3.63) is 0 Å². The molecule has 0 spiro atoms. The van der Waals surface area contributed by atoms with Gasteiger partial charge in [-0.05, 0) is 18.8 Å². The molecule has 0 amide bonds. The minimum atomic E-state index is 0.139. The van der Waals surface area contributed by atoms with Gasteiger partial charge in [-0.25, -0.2) is 0 Å². The highest BCUT2D eigenvalue weighted by atomic mass is 14.6. The molecule has 0 heterocycles. The van der Waals surface area contributed by atoms with Crippen LogP contribution in [0.3, 0.4) is 0 Å². The molecular weight excluding hydrogens is 136 g/mol. The molecule has 2 nitrogen and oxygen atoms in total. The van der Waals surface area contributed by atoms with E-state index in [-0.39, 0.29) is 6.04 Å². The predicted octanol–water partition coefficient (Wildman–Crippen LogP) is 1.81. The molecule has 1 fully saturated rings. The van der Waals surface area contributed by atoms with Gasteiger partial charge in [0.2, 0.25) is 0 Å². The second-order valence-electron chi connectivity index (χ2n) is 3.42. The van der Waals surface area contributed by atoms with Crippen LogP contribution in [-0.2, 0) is 0 Å². The number of hydrogen-bond acceptors (Lipinski definition) is 2. The fourth-order valence-corrected chi connectivity index (χ4v) is 1.83. The van der Waals surface area contributed by atoms with Crippen LogP contribution in [0.2, 0.25) is 0 Å². The Morgan fingerprint density at radius 1 is 1.36 bits per heavy atom. The molecule has 0 aromatic rings. The first-order valence-corrected chi connectivity index (χ1v) is 4.47. The van der Waals surface area contributed by atoms with Crippen molar-refractivity contribution in [3.8, 4) is 6.07 Å². The van der Waals surface area contributed by atoms with Gasteiger partial charge in [-0.1, -0.05) is 19.3 Å². The van der Waals surface area contributed by atoms with Crippen LogP contribution in [0.1, 0.15) is 38.5 Å². The van der Waals surface area contributed by atoms with Gasteiger partial charge < -0.3 is 5.73 Å². The molecule has 1 rings (SSSR count). The molecule has 0 saturated heterocycles. The van der Waals surface area contributed by atoms with Gasteiger partial charge in [-0.3, -0.25) is 0 Å². The number of nitrogens with two attached hydrogens (primary N) is 1. The topological polar surface area (TPSA) is 49.8 Å². The third-order valence-electron chi connectivity index (χ3n) is 2.58. The van der Waals surface area contributed by atoms with Gasteiger partial charge in [0, 0.05) is 6.04 Å². The molecule has 1 aliphatic rings. The molecule has 1 aliphatic carbocycles. The second-order valence-corrected chi connectivity index (χ2v) is 3.42. The van der Waals surface area contributed by atoms with Crippen LogP contribution >= 0.6 is 0 Å². The van der Waals surface area contributed by atoms with E-state index in [2.05, 4.69) is 6.07 Å². The minimum Gasteiger partial charge on any atom is -0.327 e. The Morgan fingerprint density at radius 3 is 2.55 bits per heavy atom. The van der Waals surface area contributed by atoms with Crippen molar-refractivity contribution < 1.29 is 0 Å². The van der Waals surface area contributed by atoms with E-state index in [1.54, 1.807) is 0 Å². The van der Waals surface area contributed by atoms with E-state index in [1.807, 2.05) is 0 Å². The van der Waals surface area contributed by atoms with Crippen LogP contribution in [0.15, 0.2) is 0 Å². The maximum Gasteiger partial charge on any atom is 0.0638 e. The van der Waals surface area contributed by atoms with E-state index in [9.17, 15) is 0 Å². The third-order valence-corrected chi connectivity index (χ3v) is 2.58. The fourth-order valence-electron chi connectivity index (χ4n) is 1.83. The molecule has 0 aromatic heterocycles. The molecule has 2 heteroatoms. The molecule has 0 aromatic carbocycles. The van der Waals surface area contributed by atoms with Crippen molar-refractivity contribution in [2.24, 2.45) is 11.7 Å². The van der Waals surface area contributed by atoms with E-state index in [4.69, 9.17) is 11.0 Å². The lowest BCUT2D eigenvalue weighted by Gasteiger charge is -2.25. The maximum absolute atomic E-state index is 8.44. The van der Waals surface area contributed by atoms with Crippen molar-refractivity contribution in [2.75, 3.05) is 0 Å². The summed E-state index contributed by atoms with van der Waals surface area (Å²) in [4.78, 5) is 0. The summed E-state index contributed by atoms with van der Waals surface area (Å²) in [6.07, 6.45) is 6.99. The molecule has 0 aliphatic heterocycles. The first-order valence-electron chi connectivity index (χ1n) is 4.47. The van der Waals surface area contributed by atoms with Crippen molar-refractivity contribution in [1.29, 1.82) is 5.26 Å². The van der Waals surface area contributed by atoms with Crippen molar-refractivity contribution >= 4 is 0 Å². The maximum atomic E-state index is 8.44. The quantitative estimate of drug-likeness (QED) is 0.656. The predicted molar refractivity (Wildman–Crippen MR) is 44.8 cm³/mol. The van der Waals surface area contributed by atoms with Gasteiger partial charge in [-0.2, -0.15) is 5.26 Å². The lowest BCUT2D eigenvalue weighted by molar-refractivity contribution is 0.306. The first-order chi connectivity index (χ1) is 5.34. The SMILES string of the molecule is N#CC[C@@H](N)C1CCCCC1. The van der Waals surface area contributed by atoms with E-state index >= 15 is 0 Å². The third kappa shape index (κ3) is 2.51. The Kier molecular flexibility index (Phi) is 3.38. The molecule has 0 unspecified atom stereocenters. The van der Waals surface area contributed by atoms with Gasteiger partial charge in [0.1, 0.15) is 0 Å². The van der Waals surface area contributed by atoms with Gasteiger partial charge in [0.25, 0.3) is 0 Å². The summed E-state index contributed by atoms with van der Waals surface area (Å²) in [7, 11) is 0. The zero-order chi connectivity index (χ0) is 8.10. The smallest absolute Gasteiger partial charge is 0.0638 e. The lowest BCUT2D eigenvalue weighted by atomic mass is 9.83. The molecule has 62 valence electrons. The van der Waals surface area contributed by atoms with Crippen molar-refractivity contribution in [2.45, 2.75) is 44.6 Å². The summed E-state index contributed by atoms with van der Waals surface area (Å²) >= 11 is 0. The van der Waals surface area contributed by atoms with Gasteiger partial charge in [0.15, 0.2) is 0 Å². The summed E-state index contributed by atoms with van der Waals surface area (Å²) in [5.74, 6) is 0.628. The molecular formula is C9H16N2. The van der Waals surface area contributed by atoms with Crippen LogP contribution in [-0.4, -0.2) is 6.04 Å². The van der Waals surface area contributed by atoms with Gasteiger partial charge >= 0.3 is 0 Å². The van der Waals surface area contributed by atoms with Crippen LogP contribution in [0.5, 0.6) is 0 Å². The molecule has 1 atom stereocenters. The Morgan fingerprint density at radius 2 is 2.00 bits per heavy atom. The summed E-state index contributed by atoms with van der Waals surface area (Å²) in [5, 5.41) is 8.44. The summed E-state index contributed by atoms with van der Waals surface area (Å²) in [6, 6.07) is 2.28. The Balaban J connectivity index is 2.27. The monoisotopic (exact) mass is 152 g/mol. The van der Waals surface area contributed by atoms with E-state index in [0.29, 0.717) is 12.3 Å². The number of hydrogen-bond donors (Lipinski definition) is 1. The summed E-state index contributed by atoms with van der Waals surface area (Å²) in [5.41, 5.74) is 5.84. The zero-order valence-corrected chi connectivity index (χ0v) is 6.92. The Hall–Kier alpha value is -0.550. The molecule has 0 radical (unpaired) electrons. The molecule has 0 bridgehead atoms. The molecule has 11 heavy (non-hydrogen) atoms. The van der Waals surface area contributed by atoms with Crippen molar-refractivity contribution in [3.63, 3.8) is 0 Å². The van der Waals surface area contributed by atoms with E-state index < -0.39 is 0 Å². The molecule has 1 saturated carbocycles. The highest BCUT2D eigenvalue weighted by Gasteiger charge is 2.19. The molecule has 2 N–H and O–H groups in total. The highest BCUT2D eigenvalue weighted by molar-refractivity contribution is 4.84. The zero-order valence-electron chi connectivity index (χ0n) is 6.92. The second kappa shape index (κ2) is 4.35. The van der Waals surface area contributed by atoms with Gasteiger partial charge in [0.05, 0.1) is 12.5 Å². The minimum absolute atomic E-state index is 0.139. The Bertz CT molecular complexity index is 142. The van der Waals surface area contributed by atoms with Gasteiger partial charge in [-0.15, -0.1) is 0 Å². The first kappa shape index (κ1) is 8.55. The highest BCUT2D eigenvalue weighted by Crippen LogP contribution is 2.26. The fraction of sp³-hybridized carbons (Fsp3) is 0.889. The van der Waals surface area contributed by atoms with Crippen LogP contribution in [0.4, 0.5) is 0 Å². The van der Waals surface area contributed by atoms with E-state index in [1.165, 1.54) is 32.1 Å². The van der Waals surface area contributed by atoms with Crippen LogP contribution in [0, 0.1) is 17.2 Å².